The van der Waals surface area contributed by atoms with E-state index < -0.39 is 0 Å². The molecule has 0 saturated heterocycles. The quantitative estimate of drug-likeness (QED) is 0.513. The summed E-state index contributed by atoms with van der Waals surface area (Å²) in [6.07, 6.45) is 5.59. The molecule has 3 aromatic rings. The molecule has 1 aromatic heterocycles. The van der Waals surface area contributed by atoms with Gasteiger partial charge in [0.25, 0.3) is 0 Å². The third-order valence-corrected chi connectivity index (χ3v) is 4.05. The molecule has 0 saturated carbocycles. The summed E-state index contributed by atoms with van der Waals surface area (Å²) in [5.74, 6) is 0.835. The van der Waals surface area contributed by atoms with E-state index in [1.807, 2.05) is 72.1 Å². The molecular formula is C19H17N3OS. The van der Waals surface area contributed by atoms with Crippen LogP contribution in [0.15, 0.2) is 71.2 Å². The predicted octanol–water partition coefficient (Wildman–Crippen LogP) is 4.93. The van der Waals surface area contributed by atoms with Crippen molar-refractivity contribution in [3.05, 3.63) is 71.6 Å². The Bertz CT molecular complexity index is 823. The Hall–Kier alpha value is -2.92. The first kappa shape index (κ1) is 16.0. The predicted molar refractivity (Wildman–Crippen MR) is 102 cm³/mol. The van der Waals surface area contributed by atoms with Gasteiger partial charge in [-0.2, -0.15) is 5.10 Å². The van der Waals surface area contributed by atoms with E-state index in [0.717, 1.165) is 27.7 Å². The molecule has 1 N–H and O–H groups in total. The molecule has 0 aliphatic rings. The van der Waals surface area contributed by atoms with E-state index in [2.05, 4.69) is 15.5 Å². The first-order valence-corrected chi connectivity index (χ1v) is 8.34. The van der Waals surface area contributed by atoms with Gasteiger partial charge in [-0.25, -0.2) is 4.98 Å². The molecule has 0 aliphatic carbocycles. The number of hydrazone groups is 1. The van der Waals surface area contributed by atoms with Crippen LogP contribution in [0, 0.1) is 0 Å². The fraction of sp³-hybridized carbons (Fsp3) is 0.0526. The van der Waals surface area contributed by atoms with Crippen molar-refractivity contribution in [2.45, 2.75) is 0 Å². The van der Waals surface area contributed by atoms with Gasteiger partial charge in [0, 0.05) is 17.2 Å². The standard InChI is InChI=1S/C19H17N3OS/c1-23-17-11-9-16(10-12-17)18-14-24-19(21-18)22-20-13-5-8-15-6-3-2-4-7-15/h2-14H,1H3,(H,21,22)/b8-5+,20-13-. The van der Waals surface area contributed by atoms with Gasteiger partial charge in [0.15, 0.2) is 0 Å². The van der Waals surface area contributed by atoms with E-state index in [1.165, 1.54) is 11.3 Å². The molecular weight excluding hydrogens is 318 g/mol. The number of aromatic nitrogens is 1. The molecule has 5 heteroatoms. The monoisotopic (exact) mass is 335 g/mol. The minimum atomic E-state index is 0.755. The van der Waals surface area contributed by atoms with Crippen LogP contribution in [0.3, 0.4) is 0 Å². The van der Waals surface area contributed by atoms with Crippen molar-refractivity contribution >= 4 is 28.8 Å². The summed E-state index contributed by atoms with van der Waals surface area (Å²) >= 11 is 1.52. The summed E-state index contributed by atoms with van der Waals surface area (Å²) in [6, 6.07) is 17.9. The van der Waals surface area contributed by atoms with Gasteiger partial charge < -0.3 is 4.74 Å². The maximum Gasteiger partial charge on any atom is 0.203 e. The lowest BCUT2D eigenvalue weighted by Crippen LogP contribution is -1.87. The summed E-state index contributed by atoms with van der Waals surface area (Å²) in [5.41, 5.74) is 6.05. The number of benzene rings is 2. The molecule has 0 bridgehead atoms. The highest BCUT2D eigenvalue weighted by atomic mass is 32.1. The van der Waals surface area contributed by atoms with Crippen LogP contribution in [0.25, 0.3) is 17.3 Å². The van der Waals surface area contributed by atoms with E-state index in [-0.39, 0.29) is 0 Å². The first-order chi connectivity index (χ1) is 11.8. The van der Waals surface area contributed by atoms with Gasteiger partial charge in [-0.15, -0.1) is 11.3 Å². The third kappa shape index (κ3) is 4.30. The van der Waals surface area contributed by atoms with Gasteiger partial charge in [-0.1, -0.05) is 36.4 Å². The van der Waals surface area contributed by atoms with E-state index in [1.54, 1.807) is 13.3 Å². The van der Waals surface area contributed by atoms with Gasteiger partial charge in [0.1, 0.15) is 5.75 Å². The molecule has 0 radical (unpaired) electrons. The third-order valence-electron chi connectivity index (χ3n) is 3.30. The fourth-order valence-electron chi connectivity index (χ4n) is 2.07. The molecule has 0 spiro atoms. The summed E-state index contributed by atoms with van der Waals surface area (Å²) in [5, 5.41) is 6.91. The van der Waals surface area contributed by atoms with Crippen molar-refractivity contribution < 1.29 is 4.74 Å². The molecule has 0 atom stereocenters. The van der Waals surface area contributed by atoms with Crippen molar-refractivity contribution in [1.29, 1.82) is 0 Å². The minimum absolute atomic E-state index is 0.755. The Morgan fingerprint density at radius 2 is 1.88 bits per heavy atom. The molecule has 0 unspecified atom stereocenters. The second-order valence-electron chi connectivity index (χ2n) is 4.93. The molecule has 1 heterocycles. The van der Waals surface area contributed by atoms with E-state index in [4.69, 9.17) is 4.74 Å². The van der Waals surface area contributed by atoms with Crippen LogP contribution < -0.4 is 10.2 Å². The maximum atomic E-state index is 5.16. The average Bonchev–Trinajstić information content (AvgIpc) is 3.11. The molecule has 0 aliphatic heterocycles. The van der Waals surface area contributed by atoms with E-state index >= 15 is 0 Å². The molecule has 0 amide bonds. The molecule has 120 valence electrons. The zero-order valence-electron chi connectivity index (χ0n) is 13.2. The Morgan fingerprint density at radius 1 is 1.08 bits per heavy atom. The summed E-state index contributed by atoms with van der Waals surface area (Å²) in [7, 11) is 1.66. The molecule has 24 heavy (non-hydrogen) atoms. The van der Waals surface area contributed by atoms with Crippen LogP contribution in [0.5, 0.6) is 5.75 Å². The topological polar surface area (TPSA) is 46.5 Å². The lowest BCUT2D eigenvalue weighted by Gasteiger charge is -2.00. The van der Waals surface area contributed by atoms with Crippen molar-refractivity contribution in [3.8, 4) is 17.0 Å². The van der Waals surface area contributed by atoms with Crippen LogP contribution in [0.4, 0.5) is 5.13 Å². The van der Waals surface area contributed by atoms with Gasteiger partial charge in [0.05, 0.1) is 12.8 Å². The number of hydrogen-bond donors (Lipinski definition) is 1. The van der Waals surface area contributed by atoms with Gasteiger partial charge >= 0.3 is 0 Å². The van der Waals surface area contributed by atoms with Crippen molar-refractivity contribution in [2.24, 2.45) is 5.10 Å². The number of methoxy groups -OCH3 is 1. The number of anilines is 1. The number of allylic oxidation sites excluding steroid dienone is 1. The number of ether oxygens (including phenoxy) is 1. The second kappa shape index (κ2) is 8.08. The van der Waals surface area contributed by atoms with Crippen LogP contribution in [0.1, 0.15) is 5.56 Å². The highest BCUT2D eigenvalue weighted by molar-refractivity contribution is 7.14. The van der Waals surface area contributed by atoms with Gasteiger partial charge in [-0.05, 0) is 35.9 Å². The number of nitrogens with one attached hydrogen (secondary N) is 1. The van der Waals surface area contributed by atoms with Gasteiger partial charge in [-0.3, -0.25) is 5.43 Å². The van der Waals surface area contributed by atoms with Crippen molar-refractivity contribution in [1.82, 2.24) is 4.98 Å². The highest BCUT2D eigenvalue weighted by Crippen LogP contribution is 2.26. The van der Waals surface area contributed by atoms with Crippen molar-refractivity contribution in [3.63, 3.8) is 0 Å². The number of nitrogens with zero attached hydrogens (tertiary/aromatic N) is 2. The van der Waals surface area contributed by atoms with Crippen LogP contribution in [-0.4, -0.2) is 18.3 Å². The average molecular weight is 335 g/mol. The number of rotatable bonds is 6. The molecule has 2 aromatic carbocycles. The molecule has 3 rings (SSSR count). The highest BCUT2D eigenvalue weighted by Gasteiger charge is 2.03. The minimum Gasteiger partial charge on any atom is -0.497 e. The Morgan fingerprint density at radius 3 is 2.62 bits per heavy atom. The normalized spacial score (nSPS) is 11.2. The lowest BCUT2D eigenvalue weighted by molar-refractivity contribution is 0.415. The van der Waals surface area contributed by atoms with E-state index in [9.17, 15) is 0 Å². The molecule has 4 nitrogen and oxygen atoms in total. The zero-order valence-corrected chi connectivity index (χ0v) is 14.0. The van der Waals surface area contributed by atoms with Crippen LogP contribution in [-0.2, 0) is 0 Å². The van der Waals surface area contributed by atoms with Crippen LogP contribution >= 0.6 is 11.3 Å². The number of thiazole rings is 1. The number of hydrogen-bond acceptors (Lipinski definition) is 5. The fourth-order valence-corrected chi connectivity index (χ4v) is 2.74. The smallest absolute Gasteiger partial charge is 0.203 e. The second-order valence-corrected chi connectivity index (χ2v) is 5.78. The van der Waals surface area contributed by atoms with Gasteiger partial charge in [0.2, 0.25) is 5.13 Å². The lowest BCUT2D eigenvalue weighted by atomic mass is 10.2. The Balaban J connectivity index is 1.57. The summed E-state index contributed by atoms with van der Waals surface area (Å²) in [4.78, 5) is 4.52. The Kier molecular flexibility index (Phi) is 5.37. The molecule has 0 fully saturated rings. The summed E-state index contributed by atoms with van der Waals surface area (Å²) in [6.45, 7) is 0. The first-order valence-electron chi connectivity index (χ1n) is 7.46. The largest absolute Gasteiger partial charge is 0.497 e. The Labute approximate surface area is 145 Å². The van der Waals surface area contributed by atoms with E-state index in [0.29, 0.717) is 0 Å². The SMILES string of the molecule is COc1ccc(-c2csc(N/N=C\C=C\c3ccccc3)n2)cc1. The zero-order chi connectivity index (χ0) is 16.6. The summed E-state index contributed by atoms with van der Waals surface area (Å²) < 4.78 is 5.16. The van der Waals surface area contributed by atoms with Crippen molar-refractivity contribution in [2.75, 3.05) is 12.5 Å². The maximum absolute atomic E-state index is 5.16. The van der Waals surface area contributed by atoms with Crippen LogP contribution in [0.2, 0.25) is 0 Å².